The van der Waals surface area contributed by atoms with Crippen LogP contribution >= 0.6 is 0 Å². The summed E-state index contributed by atoms with van der Waals surface area (Å²) in [7, 11) is 0. The van der Waals surface area contributed by atoms with Crippen LogP contribution in [0.3, 0.4) is 0 Å². The molecule has 20 heavy (non-hydrogen) atoms. The molecule has 5 heteroatoms. The zero-order valence-electron chi connectivity index (χ0n) is 12.0. The summed E-state index contributed by atoms with van der Waals surface area (Å²) < 4.78 is 19.6. The molecule has 0 aromatic heterocycles. The van der Waals surface area contributed by atoms with E-state index in [9.17, 15) is 14.3 Å². The number of hydrogen-bond donors (Lipinski definition) is 1. The molecule has 0 aliphatic carbocycles. The third kappa shape index (κ3) is 2.99. The average molecular weight is 281 g/mol. The van der Waals surface area contributed by atoms with Crippen molar-refractivity contribution in [3.05, 3.63) is 29.6 Å². The Labute approximate surface area is 118 Å². The van der Waals surface area contributed by atoms with Gasteiger partial charge in [0.2, 0.25) is 0 Å². The Morgan fingerprint density at radius 2 is 2.25 bits per heavy atom. The minimum atomic E-state index is -0.514. The van der Waals surface area contributed by atoms with Crippen molar-refractivity contribution in [1.82, 2.24) is 0 Å². The van der Waals surface area contributed by atoms with Gasteiger partial charge in [0, 0.05) is 13.1 Å². The van der Waals surface area contributed by atoms with E-state index in [-0.39, 0.29) is 24.1 Å². The normalized spacial score (nSPS) is 21.9. The van der Waals surface area contributed by atoms with E-state index in [4.69, 9.17) is 4.74 Å². The molecule has 1 aliphatic heterocycles. The largest absolute Gasteiger partial charge is 0.394 e. The molecule has 1 N–H and O–H groups in total. The summed E-state index contributed by atoms with van der Waals surface area (Å²) in [5.41, 5.74) is 0.195. The van der Waals surface area contributed by atoms with E-state index in [1.54, 1.807) is 12.1 Å². The summed E-state index contributed by atoms with van der Waals surface area (Å²) in [4.78, 5) is 13.6. The second kappa shape index (κ2) is 5.50. The van der Waals surface area contributed by atoms with Crippen LogP contribution in [0.1, 0.15) is 31.1 Å². The van der Waals surface area contributed by atoms with Crippen LogP contribution in [-0.2, 0) is 4.74 Å². The number of benzene rings is 1. The molecule has 1 aromatic carbocycles. The first-order valence-corrected chi connectivity index (χ1v) is 6.67. The summed E-state index contributed by atoms with van der Waals surface area (Å²) in [6.07, 6.45) is -0.346. The van der Waals surface area contributed by atoms with E-state index >= 15 is 0 Å². The standard InChI is InChI=1S/C15H20FNO3/c1-10(19)14-12(16)5-4-6-13(14)17-7-11(8-18)20-15(2,3)9-17/h4-6,11,18H,7-9H2,1-3H3. The molecule has 0 saturated carbocycles. The first-order valence-electron chi connectivity index (χ1n) is 6.67. The van der Waals surface area contributed by atoms with E-state index in [1.165, 1.54) is 13.0 Å². The highest BCUT2D eigenvalue weighted by Gasteiger charge is 2.34. The molecule has 1 aromatic rings. The topological polar surface area (TPSA) is 49.8 Å². The molecule has 4 nitrogen and oxygen atoms in total. The monoisotopic (exact) mass is 281 g/mol. The molecule has 1 unspecified atom stereocenters. The quantitative estimate of drug-likeness (QED) is 0.861. The Balaban J connectivity index is 2.40. The van der Waals surface area contributed by atoms with Gasteiger partial charge in [-0.15, -0.1) is 0 Å². The maximum absolute atomic E-state index is 13.9. The van der Waals surface area contributed by atoms with Gasteiger partial charge in [0.05, 0.1) is 29.6 Å². The Hall–Kier alpha value is -1.46. The van der Waals surface area contributed by atoms with Gasteiger partial charge in [-0.3, -0.25) is 4.79 Å². The van der Waals surface area contributed by atoms with Gasteiger partial charge in [-0.2, -0.15) is 0 Å². The molecule has 2 rings (SSSR count). The number of carbonyl (C=O) groups excluding carboxylic acids is 1. The fourth-order valence-corrected chi connectivity index (χ4v) is 2.70. The van der Waals surface area contributed by atoms with Gasteiger partial charge < -0.3 is 14.7 Å². The minimum Gasteiger partial charge on any atom is -0.394 e. The van der Waals surface area contributed by atoms with Gasteiger partial charge in [-0.05, 0) is 32.9 Å². The first kappa shape index (κ1) is 14.9. The molecule has 0 amide bonds. The van der Waals surface area contributed by atoms with Gasteiger partial charge >= 0.3 is 0 Å². The second-order valence-corrected chi connectivity index (χ2v) is 5.75. The molecule has 1 fully saturated rings. The Morgan fingerprint density at radius 1 is 1.55 bits per heavy atom. The van der Waals surface area contributed by atoms with Crippen LogP contribution in [0.15, 0.2) is 18.2 Å². The smallest absolute Gasteiger partial charge is 0.164 e. The van der Waals surface area contributed by atoms with Crippen molar-refractivity contribution in [3.63, 3.8) is 0 Å². The maximum Gasteiger partial charge on any atom is 0.164 e. The van der Waals surface area contributed by atoms with E-state index in [0.29, 0.717) is 18.8 Å². The van der Waals surface area contributed by atoms with Crippen molar-refractivity contribution >= 4 is 11.5 Å². The van der Waals surface area contributed by atoms with E-state index in [1.807, 2.05) is 18.7 Å². The number of halogens is 1. The van der Waals surface area contributed by atoms with Crippen LogP contribution in [0.5, 0.6) is 0 Å². The van der Waals surface area contributed by atoms with Gasteiger partial charge in [-0.25, -0.2) is 4.39 Å². The van der Waals surface area contributed by atoms with Crippen molar-refractivity contribution in [3.8, 4) is 0 Å². The molecule has 1 atom stereocenters. The molecule has 1 heterocycles. The molecule has 0 bridgehead atoms. The van der Waals surface area contributed by atoms with Crippen LogP contribution in [0.25, 0.3) is 0 Å². The van der Waals surface area contributed by atoms with Crippen LogP contribution < -0.4 is 4.90 Å². The molecular weight excluding hydrogens is 261 g/mol. The minimum absolute atomic E-state index is 0.0990. The number of Topliss-reactive ketones (excluding diaryl/α,β-unsaturated/α-hetero) is 1. The predicted molar refractivity (Wildman–Crippen MR) is 74.7 cm³/mol. The predicted octanol–water partition coefficient (Wildman–Crippen LogP) is 2.00. The number of ketones is 1. The lowest BCUT2D eigenvalue weighted by atomic mass is 10.0. The molecule has 0 radical (unpaired) electrons. The number of rotatable bonds is 3. The molecule has 1 aliphatic rings. The number of aliphatic hydroxyl groups is 1. The van der Waals surface area contributed by atoms with Crippen LogP contribution in [0, 0.1) is 5.82 Å². The zero-order chi connectivity index (χ0) is 14.9. The summed E-state index contributed by atoms with van der Waals surface area (Å²) in [5.74, 6) is -0.817. The lowest BCUT2D eigenvalue weighted by Gasteiger charge is -2.43. The fourth-order valence-electron chi connectivity index (χ4n) is 2.70. The molecule has 1 saturated heterocycles. The van der Waals surface area contributed by atoms with E-state index in [0.717, 1.165) is 0 Å². The van der Waals surface area contributed by atoms with Gasteiger partial charge in [0.15, 0.2) is 5.78 Å². The summed E-state index contributed by atoms with van der Waals surface area (Å²) in [6.45, 7) is 6.04. The zero-order valence-corrected chi connectivity index (χ0v) is 12.0. The first-order chi connectivity index (χ1) is 9.34. The van der Waals surface area contributed by atoms with Crippen LogP contribution in [0.2, 0.25) is 0 Å². The van der Waals surface area contributed by atoms with Crippen molar-refractivity contribution in [2.24, 2.45) is 0 Å². The Morgan fingerprint density at radius 3 is 2.85 bits per heavy atom. The highest BCUT2D eigenvalue weighted by atomic mass is 19.1. The highest BCUT2D eigenvalue weighted by Crippen LogP contribution is 2.30. The third-order valence-electron chi connectivity index (χ3n) is 3.37. The van der Waals surface area contributed by atoms with E-state index in [2.05, 4.69) is 0 Å². The highest BCUT2D eigenvalue weighted by molar-refractivity contribution is 6.00. The van der Waals surface area contributed by atoms with Gasteiger partial charge in [0.25, 0.3) is 0 Å². The SMILES string of the molecule is CC(=O)c1c(F)cccc1N1CC(CO)OC(C)(C)C1. The number of ether oxygens (including phenoxy) is 1. The fraction of sp³-hybridized carbons (Fsp3) is 0.533. The van der Waals surface area contributed by atoms with Gasteiger partial charge in [-0.1, -0.05) is 6.07 Å². The second-order valence-electron chi connectivity index (χ2n) is 5.75. The number of morpholine rings is 1. The summed E-state index contributed by atoms with van der Waals surface area (Å²) in [5, 5.41) is 9.33. The van der Waals surface area contributed by atoms with Crippen molar-refractivity contribution in [2.45, 2.75) is 32.5 Å². The molecule has 0 spiro atoms. The van der Waals surface area contributed by atoms with Gasteiger partial charge in [0.1, 0.15) is 5.82 Å². The third-order valence-corrected chi connectivity index (χ3v) is 3.37. The average Bonchev–Trinajstić information content (AvgIpc) is 2.36. The van der Waals surface area contributed by atoms with Crippen LogP contribution in [0.4, 0.5) is 10.1 Å². The van der Waals surface area contributed by atoms with E-state index < -0.39 is 11.4 Å². The van der Waals surface area contributed by atoms with Crippen molar-refractivity contribution in [1.29, 1.82) is 0 Å². The summed E-state index contributed by atoms with van der Waals surface area (Å²) >= 11 is 0. The Bertz CT molecular complexity index is 516. The van der Waals surface area contributed by atoms with Crippen molar-refractivity contribution < 1.29 is 19.0 Å². The number of hydrogen-bond acceptors (Lipinski definition) is 4. The maximum atomic E-state index is 13.9. The number of carbonyl (C=O) groups is 1. The Kier molecular flexibility index (Phi) is 4.11. The summed E-state index contributed by atoms with van der Waals surface area (Å²) in [6, 6.07) is 4.61. The molecule has 110 valence electrons. The van der Waals surface area contributed by atoms with Crippen molar-refractivity contribution in [2.75, 3.05) is 24.6 Å². The number of aliphatic hydroxyl groups excluding tert-OH is 1. The lowest BCUT2D eigenvalue weighted by molar-refractivity contribution is -0.101. The number of anilines is 1. The molecular formula is C15H20FNO3. The lowest BCUT2D eigenvalue weighted by Crippen LogP contribution is -2.54. The number of nitrogens with zero attached hydrogens (tertiary/aromatic N) is 1. The van der Waals surface area contributed by atoms with Crippen LogP contribution in [-0.4, -0.2) is 42.3 Å².